The SMILES string of the molecule is O=C(NCCCOc1cccc2cccnc12)c1cnc2c(c1)c(=O)[nH]c(=O)n2C1CC1. The Balaban J connectivity index is 1.22. The van der Waals surface area contributed by atoms with Crippen molar-refractivity contribution in [3.05, 3.63) is 75.2 Å². The van der Waals surface area contributed by atoms with Crippen molar-refractivity contribution in [2.45, 2.75) is 25.3 Å². The molecule has 0 atom stereocenters. The molecule has 0 spiro atoms. The molecule has 1 aliphatic carbocycles. The Kier molecular flexibility index (Phi) is 5.14. The number of aromatic amines is 1. The maximum Gasteiger partial charge on any atom is 0.330 e. The first-order valence-electron chi connectivity index (χ1n) is 10.5. The third-order valence-corrected chi connectivity index (χ3v) is 5.41. The zero-order chi connectivity index (χ0) is 22.1. The second kappa shape index (κ2) is 8.26. The molecule has 162 valence electrons. The molecule has 1 fully saturated rings. The number of hydrogen-bond donors (Lipinski definition) is 2. The van der Waals surface area contributed by atoms with E-state index in [2.05, 4.69) is 20.3 Å². The Morgan fingerprint density at radius 3 is 2.88 bits per heavy atom. The van der Waals surface area contributed by atoms with E-state index in [0.717, 1.165) is 23.7 Å². The fraction of sp³-hybridized carbons (Fsp3) is 0.261. The molecule has 9 heteroatoms. The monoisotopic (exact) mass is 431 g/mol. The standard InChI is InChI=1S/C23H21N5O4/c29-21(25-10-3-11-32-18-6-1-4-14-5-2-9-24-19(14)18)15-12-17-20(26-13-15)28(16-7-8-16)23(31)27-22(17)30/h1-2,4-6,9,12-13,16H,3,7-8,10-11H2,(H,25,29)(H,27,30,31). The molecule has 1 amide bonds. The van der Waals surface area contributed by atoms with Gasteiger partial charge in [-0.15, -0.1) is 0 Å². The van der Waals surface area contributed by atoms with Crippen molar-refractivity contribution in [1.82, 2.24) is 24.8 Å². The van der Waals surface area contributed by atoms with Crippen LogP contribution in [0.4, 0.5) is 0 Å². The number of hydrogen-bond acceptors (Lipinski definition) is 6. The van der Waals surface area contributed by atoms with Gasteiger partial charge in [-0.05, 0) is 37.5 Å². The van der Waals surface area contributed by atoms with Crippen LogP contribution in [0.5, 0.6) is 5.75 Å². The number of rotatable bonds is 7. The molecule has 0 bridgehead atoms. The third-order valence-electron chi connectivity index (χ3n) is 5.41. The molecule has 9 nitrogen and oxygen atoms in total. The largest absolute Gasteiger partial charge is 0.491 e. The lowest BCUT2D eigenvalue weighted by Gasteiger charge is -2.10. The number of ether oxygens (including phenoxy) is 1. The van der Waals surface area contributed by atoms with Crippen LogP contribution < -0.4 is 21.3 Å². The van der Waals surface area contributed by atoms with Crippen molar-refractivity contribution in [3.8, 4) is 5.75 Å². The predicted octanol–water partition coefficient (Wildman–Crippen LogP) is 2.17. The fourth-order valence-corrected chi connectivity index (χ4v) is 3.68. The Morgan fingerprint density at radius 2 is 2.03 bits per heavy atom. The fourth-order valence-electron chi connectivity index (χ4n) is 3.68. The van der Waals surface area contributed by atoms with Gasteiger partial charge in [-0.2, -0.15) is 0 Å². The molecule has 1 saturated carbocycles. The number of para-hydroxylation sites is 1. The quantitative estimate of drug-likeness (QED) is 0.433. The first-order valence-corrected chi connectivity index (χ1v) is 10.5. The molecule has 0 radical (unpaired) electrons. The average Bonchev–Trinajstić information content (AvgIpc) is 3.64. The van der Waals surface area contributed by atoms with E-state index in [4.69, 9.17) is 4.74 Å². The van der Waals surface area contributed by atoms with Crippen LogP contribution >= 0.6 is 0 Å². The van der Waals surface area contributed by atoms with Crippen molar-refractivity contribution in [2.24, 2.45) is 0 Å². The predicted molar refractivity (Wildman–Crippen MR) is 119 cm³/mol. The van der Waals surface area contributed by atoms with E-state index in [0.29, 0.717) is 31.0 Å². The number of amides is 1. The number of carbonyl (C=O) groups excluding carboxylic acids is 1. The van der Waals surface area contributed by atoms with Crippen LogP contribution in [0.3, 0.4) is 0 Å². The smallest absolute Gasteiger partial charge is 0.330 e. The van der Waals surface area contributed by atoms with Crippen LogP contribution in [0.2, 0.25) is 0 Å². The van der Waals surface area contributed by atoms with Gasteiger partial charge in [0.1, 0.15) is 16.9 Å². The minimum Gasteiger partial charge on any atom is -0.491 e. The number of benzene rings is 1. The van der Waals surface area contributed by atoms with Crippen LogP contribution in [0.15, 0.2) is 58.4 Å². The summed E-state index contributed by atoms with van der Waals surface area (Å²) in [5.41, 5.74) is 0.381. The lowest BCUT2D eigenvalue weighted by Crippen LogP contribution is -2.31. The van der Waals surface area contributed by atoms with Crippen molar-refractivity contribution >= 4 is 27.8 Å². The number of carbonyl (C=O) groups is 1. The van der Waals surface area contributed by atoms with Gasteiger partial charge in [0.05, 0.1) is 17.6 Å². The van der Waals surface area contributed by atoms with E-state index in [-0.39, 0.29) is 22.9 Å². The van der Waals surface area contributed by atoms with Gasteiger partial charge in [-0.3, -0.25) is 24.1 Å². The minimum atomic E-state index is -0.541. The van der Waals surface area contributed by atoms with Gasteiger partial charge >= 0.3 is 5.69 Å². The minimum absolute atomic E-state index is 0.0611. The van der Waals surface area contributed by atoms with E-state index < -0.39 is 11.2 Å². The Labute approximate surface area is 182 Å². The van der Waals surface area contributed by atoms with Crippen molar-refractivity contribution in [3.63, 3.8) is 0 Å². The highest BCUT2D eigenvalue weighted by Crippen LogP contribution is 2.34. The van der Waals surface area contributed by atoms with Crippen molar-refractivity contribution in [2.75, 3.05) is 13.2 Å². The van der Waals surface area contributed by atoms with E-state index in [1.165, 1.54) is 16.8 Å². The van der Waals surface area contributed by atoms with Crippen LogP contribution in [0.1, 0.15) is 35.7 Å². The van der Waals surface area contributed by atoms with Crippen LogP contribution in [0, 0.1) is 0 Å². The summed E-state index contributed by atoms with van der Waals surface area (Å²) < 4.78 is 7.33. The second-order valence-corrected chi connectivity index (χ2v) is 7.74. The van der Waals surface area contributed by atoms with E-state index >= 15 is 0 Å². The second-order valence-electron chi connectivity index (χ2n) is 7.74. The lowest BCUT2D eigenvalue weighted by molar-refractivity contribution is 0.0951. The number of fused-ring (bicyclic) bond motifs is 2. The zero-order valence-corrected chi connectivity index (χ0v) is 17.2. The molecular formula is C23H21N5O4. The summed E-state index contributed by atoms with van der Waals surface area (Å²) in [6.45, 7) is 0.812. The summed E-state index contributed by atoms with van der Waals surface area (Å²) in [6, 6.07) is 11.1. The Hall–Kier alpha value is -4.01. The molecule has 5 rings (SSSR count). The number of aromatic nitrogens is 4. The topological polar surface area (TPSA) is 119 Å². The first-order chi connectivity index (χ1) is 15.6. The van der Waals surface area contributed by atoms with Crippen LogP contribution in [-0.4, -0.2) is 38.6 Å². The van der Waals surface area contributed by atoms with Gasteiger partial charge in [0.25, 0.3) is 11.5 Å². The zero-order valence-electron chi connectivity index (χ0n) is 17.2. The van der Waals surface area contributed by atoms with Crippen molar-refractivity contribution in [1.29, 1.82) is 0 Å². The highest BCUT2D eigenvalue weighted by molar-refractivity contribution is 5.96. The number of pyridine rings is 2. The molecule has 4 aromatic rings. The van der Waals surface area contributed by atoms with Gasteiger partial charge < -0.3 is 10.1 Å². The van der Waals surface area contributed by atoms with Crippen molar-refractivity contribution < 1.29 is 9.53 Å². The van der Waals surface area contributed by atoms with Gasteiger partial charge in [0, 0.05) is 30.4 Å². The molecule has 0 saturated heterocycles. The number of nitrogens with zero attached hydrogens (tertiary/aromatic N) is 3. The highest BCUT2D eigenvalue weighted by atomic mass is 16.5. The number of nitrogens with one attached hydrogen (secondary N) is 2. The molecule has 3 heterocycles. The summed E-state index contributed by atoms with van der Waals surface area (Å²) in [7, 11) is 0. The van der Waals surface area contributed by atoms with Gasteiger partial charge in [-0.1, -0.05) is 18.2 Å². The molecule has 0 aliphatic heterocycles. The average molecular weight is 431 g/mol. The van der Waals surface area contributed by atoms with Gasteiger partial charge in [0.2, 0.25) is 0 Å². The van der Waals surface area contributed by atoms with E-state index in [1.54, 1.807) is 6.20 Å². The van der Waals surface area contributed by atoms with E-state index in [9.17, 15) is 14.4 Å². The maximum atomic E-state index is 12.5. The molecule has 0 unspecified atom stereocenters. The summed E-state index contributed by atoms with van der Waals surface area (Å²) >= 11 is 0. The molecule has 3 aromatic heterocycles. The molecule has 32 heavy (non-hydrogen) atoms. The van der Waals surface area contributed by atoms with Crippen LogP contribution in [-0.2, 0) is 0 Å². The summed E-state index contributed by atoms with van der Waals surface area (Å²) in [6.07, 6.45) is 5.47. The lowest BCUT2D eigenvalue weighted by atomic mass is 10.2. The molecule has 2 N–H and O–H groups in total. The summed E-state index contributed by atoms with van der Waals surface area (Å²) in [5.74, 6) is 0.365. The maximum absolute atomic E-state index is 12.5. The Morgan fingerprint density at radius 1 is 1.19 bits per heavy atom. The normalized spacial score (nSPS) is 13.4. The number of H-pyrrole nitrogens is 1. The Bertz CT molecular complexity index is 1430. The van der Waals surface area contributed by atoms with E-state index in [1.807, 2.05) is 30.3 Å². The molecule has 1 aromatic carbocycles. The molecular weight excluding hydrogens is 410 g/mol. The summed E-state index contributed by atoms with van der Waals surface area (Å²) in [4.78, 5) is 47.8. The highest BCUT2D eigenvalue weighted by Gasteiger charge is 2.27. The third kappa shape index (κ3) is 3.84. The van der Waals surface area contributed by atoms with Crippen LogP contribution in [0.25, 0.3) is 21.9 Å². The summed E-state index contributed by atoms with van der Waals surface area (Å²) in [5, 5.41) is 4.05. The van der Waals surface area contributed by atoms with Gasteiger partial charge in [0.15, 0.2) is 0 Å². The van der Waals surface area contributed by atoms with Gasteiger partial charge in [-0.25, -0.2) is 9.78 Å². The molecule has 1 aliphatic rings. The first kappa shape index (κ1) is 19.9.